The number of nitrogens with zero attached hydrogens (tertiary/aromatic N) is 4. The average Bonchev–Trinajstić information content (AvgIpc) is 3.16. The summed E-state index contributed by atoms with van der Waals surface area (Å²) in [6, 6.07) is 8.18. The third-order valence-corrected chi connectivity index (χ3v) is 4.58. The number of rotatable bonds is 7. The third kappa shape index (κ3) is 6.88. The normalized spacial score (nSPS) is 17.0. The Morgan fingerprint density at radius 1 is 1.38 bits per heavy atom. The van der Waals surface area contributed by atoms with E-state index in [1.54, 1.807) is 0 Å². The minimum Gasteiger partial charge on any atom is -0.494 e. The number of hydrogen-bond acceptors (Lipinski definition) is 4. The first-order valence-corrected chi connectivity index (χ1v) is 10.0. The molecule has 1 aromatic heterocycles. The van der Waals surface area contributed by atoms with E-state index in [0.717, 1.165) is 55.5 Å². The Hall–Kier alpha value is -1.81. The topological polar surface area (TPSA) is 63.9 Å². The zero-order valence-corrected chi connectivity index (χ0v) is 19.8. The van der Waals surface area contributed by atoms with Crippen LogP contribution < -0.4 is 10.1 Å². The fourth-order valence-corrected chi connectivity index (χ4v) is 3.20. The second kappa shape index (κ2) is 12.0. The lowest BCUT2D eigenvalue weighted by atomic mass is 10.1. The van der Waals surface area contributed by atoms with E-state index >= 15 is 0 Å². The van der Waals surface area contributed by atoms with Crippen molar-refractivity contribution in [3.05, 3.63) is 47.8 Å². The Morgan fingerprint density at radius 3 is 2.97 bits per heavy atom. The van der Waals surface area contributed by atoms with Gasteiger partial charge in [-0.1, -0.05) is 19.1 Å². The van der Waals surface area contributed by atoms with E-state index in [1.165, 1.54) is 0 Å². The van der Waals surface area contributed by atoms with Crippen LogP contribution in [0, 0.1) is 0 Å². The summed E-state index contributed by atoms with van der Waals surface area (Å²) in [5.74, 6) is 1.82. The highest BCUT2D eigenvalue weighted by Crippen LogP contribution is 2.22. The molecule has 1 atom stereocenters. The third-order valence-electron chi connectivity index (χ3n) is 4.58. The number of benzene rings is 1. The van der Waals surface area contributed by atoms with Crippen molar-refractivity contribution >= 4 is 29.9 Å². The predicted molar refractivity (Wildman–Crippen MR) is 126 cm³/mol. The summed E-state index contributed by atoms with van der Waals surface area (Å²) in [6.07, 6.45) is 4.90. The van der Waals surface area contributed by atoms with Gasteiger partial charge in [0.2, 0.25) is 0 Å². The van der Waals surface area contributed by atoms with Crippen molar-refractivity contribution in [2.45, 2.75) is 32.9 Å². The van der Waals surface area contributed by atoms with E-state index in [-0.39, 0.29) is 30.1 Å². The Labute approximate surface area is 190 Å². The maximum atomic E-state index is 5.96. The molecule has 0 saturated carbocycles. The summed E-state index contributed by atoms with van der Waals surface area (Å²) in [7, 11) is 1.92. The predicted octanol–water partition coefficient (Wildman–Crippen LogP) is 3.37. The molecule has 0 bridgehead atoms. The first-order chi connectivity index (χ1) is 13.7. The number of aromatic nitrogens is 2. The summed E-state index contributed by atoms with van der Waals surface area (Å²) in [6.45, 7) is 8.63. The molecule has 3 rings (SSSR count). The van der Waals surface area contributed by atoms with E-state index in [9.17, 15) is 0 Å². The molecule has 1 unspecified atom stereocenters. The number of morpholine rings is 1. The summed E-state index contributed by atoms with van der Waals surface area (Å²) in [5, 5.41) is 7.68. The zero-order valence-electron chi connectivity index (χ0n) is 17.5. The van der Waals surface area contributed by atoms with Gasteiger partial charge >= 0.3 is 0 Å². The lowest BCUT2D eigenvalue weighted by Gasteiger charge is -2.34. The lowest BCUT2D eigenvalue weighted by molar-refractivity contribution is -0.00805. The maximum absolute atomic E-state index is 5.96. The fraction of sp³-hybridized carbons (Fsp3) is 0.524. The molecule has 0 spiro atoms. The van der Waals surface area contributed by atoms with Gasteiger partial charge in [-0.05, 0) is 31.0 Å². The SMILES string of the molecule is CCCOc1cccc(CN=C(NCC)N2CCOC(c3cnn(C)c3)C2)c1.I. The van der Waals surface area contributed by atoms with Gasteiger partial charge in [-0.25, -0.2) is 4.99 Å². The van der Waals surface area contributed by atoms with Crippen molar-refractivity contribution in [3.63, 3.8) is 0 Å². The van der Waals surface area contributed by atoms with E-state index in [0.29, 0.717) is 13.2 Å². The van der Waals surface area contributed by atoms with Crippen LogP contribution >= 0.6 is 24.0 Å². The highest BCUT2D eigenvalue weighted by atomic mass is 127. The van der Waals surface area contributed by atoms with Crippen molar-refractivity contribution in [1.29, 1.82) is 0 Å². The summed E-state index contributed by atoms with van der Waals surface area (Å²) in [4.78, 5) is 7.13. The second-order valence-corrected chi connectivity index (χ2v) is 6.92. The molecule has 1 saturated heterocycles. The van der Waals surface area contributed by atoms with Crippen molar-refractivity contribution in [2.75, 3.05) is 32.8 Å². The number of aliphatic imine (C=N–C) groups is 1. The first kappa shape index (κ1) is 23.5. The van der Waals surface area contributed by atoms with Crippen molar-refractivity contribution in [3.8, 4) is 5.75 Å². The Kier molecular flexibility index (Phi) is 9.72. The van der Waals surface area contributed by atoms with Gasteiger partial charge in [0, 0.05) is 31.9 Å². The van der Waals surface area contributed by atoms with Crippen LogP contribution in [0.2, 0.25) is 0 Å². The number of aryl methyl sites for hydroxylation is 1. The van der Waals surface area contributed by atoms with Crippen LogP contribution in [0.4, 0.5) is 0 Å². The standard InChI is InChI=1S/C21H31N5O2.HI/c1-4-10-27-19-8-6-7-17(12-19)13-23-21(22-5-2)26-9-11-28-20(16-26)18-14-24-25(3)15-18;/h6-8,12,14-15,20H,4-5,9-11,13,16H2,1-3H3,(H,22,23);1H. The van der Waals surface area contributed by atoms with Crippen molar-refractivity contribution in [1.82, 2.24) is 20.0 Å². The molecule has 8 heteroatoms. The average molecular weight is 513 g/mol. The van der Waals surface area contributed by atoms with Crippen LogP contribution in [-0.2, 0) is 18.3 Å². The van der Waals surface area contributed by atoms with Crippen LogP contribution in [0.15, 0.2) is 41.7 Å². The molecule has 1 N–H and O–H groups in total. The highest BCUT2D eigenvalue weighted by Gasteiger charge is 2.25. The summed E-state index contributed by atoms with van der Waals surface area (Å²) < 4.78 is 13.5. The van der Waals surface area contributed by atoms with Gasteiger partial charge in [-0.15, -0.1) is 24.0 Å². The molecule has 0 aliphatic carbocycles. The van der Waals surface area contributed by atoms with Gasteiger partial charge in [-0.2, -0.15) is 5.10 Å². The van der Waals surface area contributed by atoms with E-state index in [2.05, 4.69) is 41.3 Å². The lowest BCUT2D eigenvalue weighted by Crippen LogP contribution is -2.48. The molecule has 1 aliphatic heterocycles. The quantitative estimate of drug-likeness (QED) is 0.350. The Morgan fingerprint density at radius 2 is 2.24 bits per heavy atom. The number of ether oxygens (including phenoxy) is 2. The van der Waals surface area contributed by atoms with Crippen LogP contribution in [-0.4, -0.2) is 53.5 Å². The minimum atomic E-state index is 0. The molecule has 0 amide bonds. The number of guanidine groups is 1. The fourth-order valence-electron chi connectivity index (χ4n) is 3.20. The minimum absolute atomic E-state index is 0. The number of nitrogens with one attached hydrogen (secondary N) is 1. The van der Waals surface area contributed by atoms with Gasteiger partial charge in [0.25, 0.3) is 0 Å². The molecule has 160 valence electrons. The molecule has 2 aromatic rings. The molecule has 2 heterocycles. The van der Waals surface area contributed by atoms with E-state index in [1.807, 2.05) is 36.3 Å². The highest BCUT2D eigenvalue weighted by molar-refractivity contribution is 14.0. The molecular formula is C21H32IN5O2. The molecule has 7 nitrogen and oxygen atoms in total. The maximum Gasteiger partial charge on any atom is 0.194 e. The molecule has 1 aromatic carbocycles. The molecule has 1 aliphatic rings. The molecule has 1 fully saturated rings. The van der Waals surface area contributed by atoms with Crippen LogP contribution in [0.25, 0.3) is 0 Å². The van der Waals surface area contributed by atoms with Crippen LogP contribution in [0.5, 0.6) is 5.75 Å². The number of halogens is 1. The second-order valence-electron chi connectivity index (χ2n) is 6.92. The van der Waals surface area contributed by atoms with Crippen LogP contribution in [0.3, 0.4) is 0 Å². The van der Waals surface area contributed by atoms with E-state index in [4.69, 9.17) is 14.5 Å². The Balaban J connectivity index is 0.00000300. The van der Waals surface area contributed by atoms with Gasteiger partial charge in [-0.3, -0.25) is 4.68 Å². The zero-order chi connectivity index (χ0) is 19.8. The van der Waals surface area contributed by atoms with Crippen molar-refractivity contribution < 1.29 is 9.47 Å². The van der Waals surface area contributed by atoms with Crippen molar-refractivity contribution in [2.24, 2.45) is 12.0 Å². The molecular weight excluding hydrogens is 481 g/mol. The summed E-state index contributed by atoms with van der Waals surface area (Å²) >= 11 is 0. The first-order valence-electron chi connectivity index (χ1n) is 10.0. The van der Waals surface area contributed by atoms with Gasteiger partial charge in [0.15, 0.2) is 5.96 Å². The van der Waals surface area contributed by atoms with Gasteiger partial charge < -0.3 is 19.7 Å². The largest absolute Gasteiger partial charge is 0.494 e. The molecule has 29 heavy (non-hydrogen) atoms. The van der Waals surface area contributed by atoms with E-state index < -0.39 is 0 Å². The van der Waals surface area contributed by atoms with Gasteiger partial charge in [0.1, 0.15) is 11.9 Å². The summed E-state index contributed by atoms with van der Waals surface area (Å²) in [5.41, 5.74) is 2.24. The van der Waals surface area contributed by atoms with Gasteiger partial charge in [0.05, 0.1) is 32.5 Å². The van der Waals surface area contributed by atoms with Crippen LogP contribution in [0.1, 0.15) is 37.5 Å². The number of hydrogen-bond donors (Lipinski definition) is 1. The molecule has 0 radical (unpaired) electrons. The smallest absolute Gasteiger partial charge is 0.194 e. The monoisotopic (exact) mass is 513 g/mol. The Bertz CT molecular complexity index is 780.